The molecule has 118 valence electrons. The normalized spacial score (nSPS) is 27.1. The van der Waals surface area contributed by atoms with Crippen molar-refractivity contribution in [3.05, 3.63) is 0 Å². The summed E-state index contributed by atoms with van der Waals surface area (Å²) in [6, 6.07) is 0.386. The average molecular weight is 303 g/mol. The number of amides is 1. The molecule has 2 fully saturated rings. The van der Waals surface area contributed by atoms with Gasteiger partial charge < -0.3 is 10.2 Å². The summed E-state index contributed by atoms with van der Waals surface area (Å²) in [5, 5.41) is 3.45. The second-order valence-corrected chi connectivity index (χ2v) is 7.12. The fourth-order valence-electron chi connectivity index (χ4n) is 3.25. The van der Waals surface area contributed by atoms with E-state index in [4.69, 9.17) is 0 Å². The summed E-state index contributed by atoms with van der Waals surface area (Å²) in [6.45, 7) is 8.98. The highest BCUT2D eigenvalue weighted by Gasteiger charge is 2.45. The van der Waals surface area contributed by atoms with Crippen LogP contribution in [0.4, 0.5) is 0 Å². The van der Waals surface area contributed by atoms with Crippen molar-refractivity contribution >= 4 is 18.3 Å². The Kier molecular flexibility index (Phi) is 6.33. The second kappa shape index (κ2) is 7.13. The van der Waals surface area contributed by atoms with Gasteiger partial charge in [0.25, 0.3) is 0 Å². The monoisotopic (exact) mass is 302 g/mol. The van der Waals surface area contributed by atoms with Crippen LogP contribution >= 0.6 is 12.4 Å². The Morgan fingerprint density at radius 3 is 2.55 bits per heavy atom. The molecule has 1 N–H and O–H groups in total. The minimum atomic E-state index is 0. The fourth-order valence-corrected chi connectivity index (χ4v) is 3.25. The standard InChI is InChI=1S/C16H30N2O.ClH/c1-12(14-6-5-9-17-11-14)10-15(19)18(4)13(2)16(3)7-8-16;/h12-14,17H,5-11H2,1-4H3;1H. The molecule has 20 heavy (non-hydrogen) atoms. The number of rotatable bonds is 5. The van der Waals surface area contributed by atoms with Crippen molar-refractivity contribution in [2.45, 2.75) is 58.9 Å². The van der Waals surface area contributed by atoms with Crippen LogP contribution in [0.1, 0.15) is 52.9 Å². The first-order chi connectivity index (χ1) is 8.94. The quantitative estimate of drug-likeness (QED) is 0.846. The first kappa shape index (κ1) is 17.8. The second-order valence-electron chi connectivity index (χ2n) is 7.12. The van der Waals surface area contributed by atoms with Crippen molar-refractivity contribution in [2.75, 3.05) is 20.1 Å². The number of hydrogen-bond acceptors (Lipinski definition) is 2. The maximum absolute atomic E-state index is 12.4. The lowest BCUT2D eigenvalue weighted by Crippen LogP contribution is -2.42. The predicted molar refractivity (Wildman–Crippen MR) is 86.2 cm³/mol. The van der Waals surface area contributed by atoms with Crippen molar-refractivity contribution in [3.63, 3.8) is 0 Å². The highest BCUT2D eigenvalue weighted by molar-refractivity contribution is 5.85. The van der Waals surface area contributed by atoms with Gasteiger partial charge in [0.1, 0.15) is 0 Å². The van der Waals surface area contributed by atoms with E-state index in [0.29, 0.717) is 35.6 Å². The summed E-state index contributed by atoms with van der Waals surface area (Å²) in [7, 11) is 1.99. The van der Waals surface area contributed by atoms with Gasteiger partial charge in [0.15, 0.2) is 0 Å². The van der Waals surface area contributed by atoms with Gasteiger partial charge in [-0.2, -0.15) is 0 Å². The molecule has 1 heterocycles. The van der Waals surface area contributed by atoms with E-state index < -0.39 is 0 Å². The Balaban J connectivity index is 0.00000200. The van der Waals surface area contributed by atoms with Gasteiger partial charge in [0, 0.05) is 19.5 Å². The van der Waals surface area contributed by atoms with Crippen LogP contribution in [-0.2, 0) is 4.79 Å². The highest BCUT2D eigenvalue weighted by Crippen LogP contribution is 2.49. The van der Waals surface area contributed by atoms with E-state index in [-0.39, 0.29) is 12.4 Å². The lowest BCUT2D eigenvalue weighted by atomic mass is 9.85. The van der Waals surface area contributed by atoms with E-state index in [9.17, 15) is 4.79 Å². The van der Waals surface area contributed by atoms with Crippen molar-refractivity contribution in [3.8, 4) is 0 Å². The molecule has 2 rings (SSSR count). The third kappa shape index (κ3) is 4.11. The maximum Gasteiger partial charge on any atom is 0.222 e. The molecule has 2 aliphatic rings. The molecule has 3 nitrogen and oxygen atoms in total. The molecule has 4 heteroatoms. The van der Waals surface area contributed by atoms with Gasteiger partial charge in [0.05, 0.1) is 0 Å². The van der Waals surface area contributed by atoms with Gasteiger partial charge in [-0.1, -0.05) is 13.8 Å². The van der Waals surface area contributed by atoms with Gasteiger partial charge in [-0.25, -0.2) is 0 Å². The summed E-state index contributed by atoms with van der Waals surface area (Å²) < 4.78 is 0. The molecule has 0 spiro atoms. The molecule has 1 saturated carbocycles. The summed E-state index contributed by atoms with van der Waals surface area (Å²) >= 11 is 0. The smallest absolute Gasteiger partial charge is 0.222 e. The first-order valence-electron chi connectivity index (χ1n) is 7.90. The van der Waals surface area contributed by atoms with Crippen LogP contribution in [-0.4, -0.2) is 37.0 Å². The van der Waals surface area contributed by atoms with Crippen LogP contribution in [0.3, 0.4) is 0 Å². The zero-order chi connectivity index (χ0) is 14.0. The maximum atomic E-state index is 12.4. The number of nitrogens with one attached hydrogen (secondary N) is 1. The third-order valence-corrected chi connectivity index (χ3v) is 5.66. The van der Waals surface area contributed by atoms with Gasteiger partial charge in [-0.15, -0.1) is 12.4 Å². The van der Waals surface area contributed by atoms with E-state index in [1.807, 2.05) is 11.9 Å². The summed E-state index contributed by atoms with van der Waals surface area (Å²) in [5.41, 5.74) is 0.389. The predicted octanol–water partition coefficient (Wildman–Crippen LogP) is 3.08. The van der Waals surface area contributed by atoms with E-state index in [2.05, 4.69) is 26.1 Å². The molecule has 1 amide bonds. The van der Waals surface area contributed by atoms with Crippen LogP contribution in [0.15, 0.2) is 0 Å². The highest BCUT2D eigenvalue weighted by atomic mass is 35.5. The average Bonchev–Trinajstić information content (AvgIpc) is 3.17. The van der Waals surface area contributed by atoms with E-state index >= 15 is 0 Å². The minimum Gasteiger partial charge on any atom is -0.343 e. The van der Waals surface area contributed by atoms with Crippen LogP contribution < -0.4 is 5.32 Å². The molecule has 1 saturated heterocycles. The molecule has 0 aromatic carbocycles. The first-order valence-corrected chi connectivity index (χ1v) is 7.90. The SMILES string of the molecule is CC(CC(=O)N(C)C(C)C1(C)CC1)C1CCCNC1.Cl. The zero-order valence-electron chi connectivity index (χ0n) is 13.4. The van der Waals surface area contributed by atoms with Crippen LogP contribution in [0.2, 0.25) is 0 Å². The third-order valence-electron chi connectivity index (χ3n) is 5.66. The fraction of sp³-hybridized carbons (Fsp3) is 0.938. The number of hydrogen-bond donors (Lipinski definition) is 1. The number of carbonyl (C=O) groups is 1. The lowest BCUT2D eigenvalue weighted by Gasteiger charge is -2.33. The lowest BCUT2D eigenvalue weighted by molar-refractivity contribution is -0.134. The number of carbonyl (C=O) groups excluding carboxylic acids is 1. The molecule has 3 atom stereocenters. The van der Waals surface area contributed by atoms with Gasteiger partial charge in [0.2, 0.25) is 5.91 Å². The Morgan fingerprint density at radius 2 is 2.05 bits per heavy atom. The molecule has 1 aliphatic carbocycles. The topological polar surface area (TPSA) is 32.3 Å². The van der Waals surface area contributed by atoms with Crippen LogP contribution in [0.25, 0.3) is 0 Å². The largest absolute Gasteiger partial charge is 0.343 e. The summed E-state index contributed by atoms with van der Waals surface area (Å²) in [4.78, 5) is 14.4. The van der Waals surface area contributed by atoms with Gasteiger partial charge >= 0.3 is 0 Å². The molecule has 0 aromatic heterocycles. The number of nitrogens with zero attached hydrogens (tertiary/aromatic N) is 1. The Labute approximate surface area is 130 Å². The molecule has 0 bridgehead atoms. The molecule has 0 radical (unpaired) electrons. The number of piperidine rings is 1. The molecular formula is C16H31ClN2O. The van der Waals surface area contributed by atoms with Crippen molar-refractivity contribution in [1.82, 2.24) is 10.2 Å². The number of halogens is 1. The van der Waals surface area contributed by atoms with Gasteiger partial charge in [-0.3, -0.25) is 4.79 Å². The molecule has 3 unspecified atom stereocenters. The Hall–Kier alpha value is -0.280. The summed E-state index contributed by atoms with van der Waals surface area (Å²) in [5.74, 6) is 1.51. The van der Waals surface area contributed by atoms with Crippen LogP contribution in [0, 0.1) is 17.3 Å². The molecule has 0 aromatic rings. The van der Waals surface area contributed by atoms with Crippen molar-refractivity contribution in [1.29, 1.82) is 0 Å². The van der Waals surface area contributed by atoms with E-state index in [1.165, 1.54) is 25.7 Å². The molecule has 1 aliphatic heterocycles. The zero-order valence-corrected chi connectivity index (χ0v) is 14.3. The van der Waals surface area contributed by atoms with Crippen molar-refractivity contribution in [2.24, 2.45) is 17.3 Å². The molecular weight excluding hydrogens is 272 g/mol. The van der Waals surface area contributed by atoms with Crippen molar-refractivity contribution < 1.29 is 4.79 Å². The van der Waals surface area contributed by atoms with Crippen LogP contribution in [0.5, 0.6) is 0 Å². The Bertz CT molecular complexity index is 324. The van der Waals surface area contributed by atoms with Gasteiger partial charge in [-0.05, 0) is 62.9 Å². The summed E-state index contributed by atoms with van der Waals surface area (Å²) in [6.07, 6.45) is 5.79. The minimum absolute atomic E-state index is 0. The van der Waals surface area contributed by atoms with E-state index in [1.54, 1.807) is 0 Å². The Morgan fingerprint density at radius 1 is 1.40 bits per heavy atom. The van der Waals surface area contributed by atoms with E-state index in [0.717, 1.165) is 13.1 Å².